The number of rotatable bonds is 10. The highest BCUT2D eigenvalue weighted by atomic mass is 16.7. The lowest BCUT2D eigenvalue weighted by Gasteiger charge is -2.39. The molecule has 10 nitrogen and oxygen atoms in total. The van der Waals surface area contributed by atoms with Gasteiger partial charge in [0.2, 0.25) is 12.5 Å². The second-order valence-electron chi connectivity index (χ2n) is 10.6. The summed E-state index contributed by atoms with van der Waals surface area (Å²) in [6.45, 7) is 7.85. The number of ether oxygens (including phenoxy) is 5. The van der Waals surface area contributed by atoms with Crippen LogP contribution < -0.4 is 24.3 Å². The molecule has 1 aromatic heterocycles. The van der Waals surface area contributed by atoms with Gasteiger partial charge in [-0.05, 0) is 66.2 Å². The summed E-state index contributed by atoms with van der Waals surface area (Å²) in [5.74, 6) is 2.20. The van der Waals surface area contributed by atoms with E-state index in [1.807, 2.05) is 24.3 Å². The average Bonchev–Trinajstić information content (AvgIpc) is 3.73. The topological polar surface area (TPSA) is 112 Å². The number of hydrogen-bond acceptors (Lipinski definition) is 10. The number of carbonyl (C=O) groups is 1. The molecule has 0 amide bonds. The number of nitrogens with one attached hydrogen (secondary N) is 1. The van der Waals surface area contributed by atoms with Crippen molar-refractivity contribution in [2.75, 3.05) is 40.7 Å². The van der Waals surface area contributed by atoms with Crippen LogP contribution in [0, 0.1) is 11.8 Å². The third kappa shape index (κ3) is 4.85. The van der Waals surface area contributed by atoms with Crippen LogP contribution in [0.15, 0.2) is 40.8 Å². The van der Waals surface area contributed by atoms with Crippen LogP contribution >= 0.6 is 0 Å². The molecular formula is C31H36N2O8. The van der Waals surface area contributed by atoms with E-state index >= 15 is 0 Å². The third-order valence-corrected chi connectivity index (χ3v) is 8.54. The molecule has 1 aliphatic carbocycles. The van der Waals surface area contributed by atoms with Crippen molar-refractivity contribution in [3.63, 3.8) is 0 Å². The molecule has 2 aliphatic heterocycles. The first-order valence-corrected chi connectivity index (χ1v) is 14.0. The zero-order chi connectivity index (χ0) is 28.7. The molecule has 3 aromatic rings. The molecule has 0 spiro atoms. The number of nitrogens with zero attached hydrogens (tertiary/aromatic N) is 1. The van der Waals surface area contributed by atoms with Gasteiger partial charge >= 0.3 is 5.97 Å². The second kappa shape index (κ2) is 11.2. The van der Waals surface area contributed by atoms with Gasteiger partial charge in [0.1, 0.15) is 11.5 Å². The number of phenols is 1. The SMILES string of the molecule is CCN(CC)Cc1ccc(CN[C@@H]2c3cc4c(cc3[C@@H](c3cc(OC)c(O)c(OC)c3)[C@H]3C(=O)OC[C@@H]32)OCO4)o1. The molecule has 41 heavy (non-hydrogen) atoms. The van der Waals surface area contributed by atoms with Crippen molar-refractivity contribution in [2.24, 2.45) is 11.8 Å². The number of methoxy groups -OCH3 is 2. The molecule has 10 heteroatoms. The number of aromatic hydroxyl groups is 1. The van der Waals surface area contributed by atoms with Gasteiger partial charge in [0, 0.05) is 17.9 Å². The monoisotopic (exact) mass is 564 g/mol. The van der Waals surface area contributed by atoms with Crippen LogP contribution in [0.4, 0.5) is 0 Å². The highest BCUT2D eigenvalue weighted by Gasteiger charge is 2.52. The highest BCUT2D eigenvalue weighted by Crippen LogP contribution is 2.55. The molecular weight excluding hydrogens is 528 g/mol. The molecule has 218 valence electrons. The number of esters is 1. The van der Waals surface area contributed by atoms with Gasteiger partial charge in [-0.15, -0.1) is 0 Å². The lowest BCUT2D eigenvalue weighted by molar-refractivity contribution is -0.141. The standard InChI is InChI=1S/C31H36N2O8/c1-5-33(6-2)14-19-8-7-18(41-19)13-32-29-21-12-24-23(39-16-40-24)11-20(21)27(28-22(29)15-38-31(28)35)17-9-25(36-3)30(34)26(10-17)37-4/h7-12,22,27-29,32,34H,5-6,13-16H2,1-4H3/t22-,27+,28-,29+/m0/s1. The van der Waals surface area contributed by atoms with Crippen molar-refractivity contribution in [1.82, 2.24) is 10.2 Å². The molecule has 2 N–H and O–H groups in total. The van der Waals surface area contributed by atoms with Crippen LogP contribution in [0.5, 0.6) is 28.7 Å². The summed E-state index contributed by atoms with van der Waals surface area (Å²) >= 11 is 0. The van der Waals surface area contributed by atoms with Crippen LogP contribution in [0.2, 0.25) is 0 Å². The van der Waals surface area contributed by atoms with E-state index in [1.165, 1.54) is 14.2 Å². The first-order chi connectivity index (χ1) is 19.9. The van der Waals surface area contributed by atoms with E-state index in [9.17, 15) is 9.90 Å². The second-order valence-corrected chi connectivity index (χ2v) is 10.6. The van der Waals surface area contributed by atoms with Gasteiger partial charge in [0.05, 0.1) is 39.8 Å². The summed E-state index contributed by atoms with van der Waals surface area (Å²) in [7, 11) is 2.97. The van der Waals surface area contributed by atoms with Gasteiger partial charge in [-0.1, -0.05) is 13.8 Å². The highest BCUT2D eigenvalue weighted by molar-refractivity contribution is 5.79. The Morgan fingerprint density at radius 1 is 0.951 bits per heavy atom. The Morgan fingerprint density at radius 2 is 1.61 bits per heavy atom. The number of phenolic OH excluding ortho intramolecular Hbond substituents is 1. The summed E-state index contributed by atoms with van der Waals surface area (Å²) in [5.41, 5.74) is 2.69. The quantitative estimate of drug-likeness (QED) is 0.345. The van der Waals surface area contributed by atoms with Crippen molar-refractivity contribution in [3.05, 3.63) is 64.6 Å². The van der Waals surface area contributed by atoms with Gasteiger partial charge in [-0.3, -0.25) is 9.69 Å². The fraction of sp³-hybridized carbons (Fsp3) is 0.452. The Hall–Kier alpha value is -3.89. The molecule has 4 atom stereocenters. The minimum atomic E-state index is -0.478. The van der Waals surface area contributed by atoms with Crippen LogP contribution in [-0.4, -0.2) is 56.7 Å². The number of hydrogen-bond donors (Lipinski definition) is 2. The van der Waals surface area contributed by atoms with Gasteiger partial charge in [0.25, 0.3) is 0 Å². The van der Waals surface area contributed by atoms with E-state index in [-0.39, 0.29) is 54.5 Å². The van der Waals surface area contributed by atoms with Crippen molar-refractivity contribution in [3.8, 4) is 28.7 Å². The Kier molecular flexibility index (Phi) is 7.44. The predicted octanol–water partition coefficient (Wildman–Crippen LogP) is 4.34. The maximum Gasteiger partial charge on any atom is 0.310 e. The Morgan fingerprint density at radius 3 is 2.27 bits per heavy atom. The van der Waals surface area contributed by atoms with Gasteiger partial charge in [-0.25, -0.2) is 0 Å². The van der Waals surface area contributed by atoms with Crippen molar-refractivity contribution in [2.45, 2.75) is 38.9 Å². The lowest BCUT2D eigenvalue weighted by Crippen LogP contribution is -2.40. The van der Waals surface area contributed by atoms with E-state index in [0.717, 1.165) is 47.8 Å². The minimum Gasteiger partial charge on any atom is -0.502 e. The Bertz CT molecular complexity index is 1410. The number of furan rings is 1. The molecule has 0 unspecified atom stereocenters. The van der Waals surface area contributed by atoms with E-state index < -0.39 is 5.92 Å². The molecule has 1 saturated heterocycles. The van der Waals surface area contributed by atoms with Crippen LogP contribution in [0.3, 0.4) is 0 Å². The maximum atomic E-state index is 13.4. The fourth-order valence-corrected chi connectivity index (χ4v) is 6.40. The van der Waals surface area contributed by atoms with Crippen LogP contribution in [-0.2, 0) is 22.6 Å². The number of benzene rings is 2. The molecule has 0 saturated carbocycles. The average molecular weight is 565 g/mol. The largest absolute Gasteiger partial charge is 0.502 e. The Labute approximate surface area is 239 Å². The third-order valence-electron chi connectivity index (χ3n) is 8.54. The number of cyclic esters (lactones) is 1. The van der Waals surface area contributed by atoms with E-state index in [2.05, 4.69) is 24.1 Å². The molecule has 0 bridgehead atoms. The predicted molar refractivity (Wildman–Crippen MR) is 148 cm³/mol. The molecule has 3 aliphatic rings. The molecule has 1 fully saturated rings. The van der Waals surface area contributed by atoms with E-state index in [4.69, 9.17) is 28.1 Å². The van der Waals surface area contributed by atoms with Crippen molar-refractivity contribution < 1.29 is 38.0 Å². The zero-order valence-corrected chi connectivity index (χ0v) is 23.8. The fourth-order valence-electron chi connectivity index (χ4n) is 6.40. The number of carbonyl (C=O) groups excluding carboxylic acids is 1. The molecule has 6 rings (SSSR count). The van der Waals surface area contributed by atoms with Crippen molar-refractivity contribution >= 4 is 5.97 Å². The normalized spacial score (nSPS) is 22.4. The first-order valence-electron chi connectivity index (χ1n) is 14.0. The molecule has 3 heterocycles. The smallest absolute Gasteiger partial charge is 0.310 e. The molecule has 0 radical (unpaired) electrons. The zero-order valence-electron chi connectivity index (χ0n) is 23.8. The summed E-state index contributed by atoms with van der Waals surface area (Å²) in [4.78, 5) is 15.7. The summed E-state index contributed by atoms with van der Waals surface area (Å²) in [5, 5.41) is 14.2. The van der Waals surface area contributed by atoms with Crippen LogP contribution in [0.1, 0.15) is 54.0 Å². The van der Waals surface area contributed by atoms with E-state index in [1.54, 1.807) is 12.1 Å². The molecule has 2 aromatic carbocycles. The summed E-state index contributed by atoms with van der Waals surface area (Å²) in [6.07, 6.45) is 0. The number of fused-ring (bicyclic) bond motifs is 3. The van der Waals surface area contributed by atoms with Gasteiger partial charge < -0.3 is 38.5 Å². The van der Waals surface area contributed by atoms with Gasteiger partial charge in [-0.2, -0.15) is 0 Å². The lowest BCUT2D eigenvalue weighted by atomic mass is 9.65. The Balaban J connectivity index is 1.39. The maximum absolute atomic E-state index is 13.4. The minimum absolute atomic E-state index is 0.0932. The van der Waals surface area contributed by atoms with E-state index in [0.29, 0.717) is 18.0 Å². The van der Waals surface area contributed by atoms with Crippen LogP contribution in [0.25, 0.3) is 0 Å². The first kappa shape index (κ1) is 27.3. The summed E-state index contributed by atoms with van der Waals surface area (Å²) in [6, 6.07) is 11.3. The van der Waals surface area contributed by atoms with Crippen molar-refractivity contribution in [1.29, 1.82) is 0 Å². The summed E-state index contributed by atoms with van der Waals surface area (Å²) < 4.78 is 34.3. The van der Waals surface area contributed by atoms with Gasteiger partial charge in [0.15, 0.2) is 23.0 Å².